The van der Waals surface area contributed by atoms with E-state index in [0.717, 1.165) is 22.5 Å². The Hall–Kier alpha value is -4.33. The van der Waals surface area contributed by atoms with Crippen LogP contribution in [0.1, 0.15) is 27.4 Å². The van der Waals surface area contributed by atoms with E-state index in [9.17, 15) is 4.79 Å². The molecule has 5 aromatic rings. The van der Waals surface area contributed by atoms with E-state index in [2.05, 4.69) is 30.6 Å². The first-order valence-electron chi connectivity index (χ1n) is 10.1. The van der Waals surface area contributed by atoms with Gasteiger partial charge in [-0.3, -0.25) is 9.89 Å². The van der Waals surface area contributed by atoms with Gasteiger partial charge in [-0.1, -0.05) is 35.0 Å². The summed E-state index contributed by atoms with van der Waals surface area (Å²) in [6, 6.07) is 17.1. The third-order valence-electron chi connectivity index (χ3n) is 5.21. The average Bonchev–Trinajstić information content (AvgIpc) is 3.40. The molecule has 0 spiro atoms. The second-order valence-corrected chi connectivity index (χ2v) is 7.65. The van der Waals surface area contributed by atoms with Crippen LogP contribution in [-0.4, -0.2) is 31.2 Å². The van der Waals surface area contributed by atoms with Crippen LogP contribution in [0.3, 0.4) is 0 Å². The molecule has 0 unspecified atom stereocenters. The fraction of sp³-hybridized carbons (Fsp3) is 0.125. The molecule has 2 N–H and O–H groups in total. The molecule has 8 heteroatoms. The van der Waals surface area contributed by atoms with Crippen LogP contribution >= 0.6 is 0 Å². The van der Waals surface area contributed by atoms with Gasteiger partial charge in [0.05, 0.1) is 22.3 Å². The lowest BCUT2D eigenvalue weighted by Gasteiger charge is -2.09. The predicted molar refractivity (Wildman–Crippen MR) is 121 cm³/mol. The molecule has 1 amide bonds. The molecule has 32 heavy (non-hydrogen) atoms. The summed E-state index contributed by atoms with van der Waals surface area (Å²) < 4.78 is 5.38. The van der Waals surface area contributed by atoms with Crippen molar-refractivity contribution >= 4 is 22.7 Å². The average molecular weight is 424 g/mol. The summed E-state index contributed by atoms with van der Waals surface area (Å²) in [7, 11) is 0. The number of aromatic nitrogens is 5. The van der Waals surface area contributed by atoms with Crippen molar-refractivity contribution in [1.82, 2.24) is 25.3 Å². The molecule has 3 heterocycles. The number of carbonyl (C=O) groups excluding carboxylic acids is 1. The third-order valence-corrected chi connectivity index (χ3v) is 5.21. The number of aromatic amines is 1. The van der Waals surface area contributed by atoms with Crippen molar-refractivity contribution in [2.24, 2.45) is 0 Å². The summed E-state index contributed by atoms with van der Waals surface area (Å²) in [6.45, 7) is 5.66. The van der Waals surface area contributed by atoms with E-state index in [4.69, 9.17) is 4.52 Å². The molecule has 0 aliphatic heterocycles. The number of anilines is 1. The van der Waals surface area contributed by atoms with Crippen LogP contribution in [0.25, 0.3) is 33.7 Å². The number of amides is 1. The van der Waals surface area contributed by atoms with Crippen molar-refractivity contribution in [3.8, 4) is 22.6 Å². The highest BCUT2D eigenvalue weighted by Crippen LogP contribution is 2.28. The van der Waals surface area contributed by atoms with Gasteiger partial charge in [-0.15, -0.1) is 0 Å². The summed E-state index contributed by atoms with van der Waals surface area (Å²) in [5.41, 5.74) is 5.60. The third kappa shape index (κ3) is 3.62. The molecule has 0 aliphatic rings. The lowest BCUT2D eigenvalue weighted by atomic mass is 10.0. The highest BCUT2D eigenvalue weighted by molar-refractivity contribution is 6.13. The monoisotopic (exact) mass is 424 g/mol. The predicted octanol–water partition coefficient (Wildman–Crippen LogP) is 4.85. The maximum Gasteiger partial charge on any atom is 0.259 e. The summed E-state index contributed by atoms with van der Waals surface area (Å²) in [5, 5.41) is 14.5. The molecule has 0 fully saturated rings. The minimum absolute atomic E-state index is 0.265. The minimum Gasteiger partial charge on any atom is -0.335 e. The first-order chi connectivity index (χ1) is 15.5. The SMILES string of the molecule is Cc1ccc(-c2cc(C(=O)Nc3ccc(-c4n[nH]c(C)n4)cc3)c3c(C)noc3n2)cc1. The van der Waals surface area contributed by atoms with Crippen molar-refractivity contribution in [3.05, 3.63) is 77.2 Å². The van der Waals surface area contributed by atoms with Gasteiger partial charge >= 0.3 is 0 Å². The quantitative estimate of drug-likeness (QED) is 0.427. The van der Waals surface area contributed by atoms with Crippen LogP contribution in [0.5, 0.6) is 0 Å². The number of H-pyrrole nitrogens is 1. The lowest BCUT2D eigenvalue weighted by molar-refractivity contribution is 0.102. The van der Waals surface area contributed by atoms with Crippen LogP contribution in [0, 0.1) is 20.8 Å². The van der Waals surface area contributed by atoms with Crippen molar-refractivity contribution in [1.29, 1.82) is 0 Å². The van der Waals surface area contributed by atoms with E-state index in [1.165, 1.54) is 0 Å². The molecule has 0 radical (unpaired) electrons. The maximum absolute atomic E-state index is 13.2. The van der Waals surface area contributed by atoms with Gasteiger partial charge in [0.1, 0.15) is 5.82 Å². The van der Waals surface area contributed by atoms with Crippen molar-refractivity contribution in [2.75, 3.05) is 5.32 Å². The largest absolute Gasteiger partial charge is 0.335 e. The fourth-order valence-corrected chi connectivity index (χ4v) is 3.52. The number of pyridine rings is 1. The van der Waals surface area contributed by atoms with Gasteiger partial charge in [-0.25, -0.2) is 9.97 Å². The van der Waals surface area contributed by atoms with E-state index in [-0.39, 0.29) is 5.91 Å². The first kappa shape index (κ1) is 19.6. The highest BCUT2D eigenvalue weighted by Gasteiger charge is 2.19. The fourth-order valence-electron chi connectivity index (χ4n) is 3.52. The normalized spacial score (nSPS) is 11.1. The van der Waals surface area contributed by atoms with Crippen molar-refractivity contribution in [3.63, 3.8) is 0 Å². The van der Waals surface area contributed by atoms with Crippen LogP contribution in [0.15, 0.2) is 59.1 Å². The summed E-state index contributed by atoms with van der Waals surface area (Å²) in [6.07, 6.45) is 0. The number of nitrogens with zero attached hydrogens (tertiary/aromatic N) is 4. The van der Waals surface area contributed by atoms with Gasteiger partial charge in [0.25, 0.3) is 11.6 Å². The van der Waals surface area contributed by atoms with Gasteiger partial charge in [0, 0.05) is 16.8 Å². The maximum atomic E-state index is 13.2. The van der Waals surface area contributed by atoms with Gasteiger partial charge < -0.3 is 9.84 Å². The minimum atomic E-state index is -0.265. The Morgan fingerprint density at radius 3 is 2.34 bits per heavy atom. The Bertz CT molecular complexity index is 1430. The Balaban J connectivity index is 1.48. The second-order valence-electron chi connectivity index (χ2n) is 7.65. The number of aryl methyl sites for hydroxylation is 3. The van der Waals surface area contributed by atoms with Crippen molar-refractivity contribution in [2.45, 2.75) is 20.8 Å². The smallest absolute Gasteiger partial charge is 0.259 e. The zero-order valence-corrected chi connectivity index (χ0v) is 17.8. The first-order valence-corrected chi connectivity index (χ1v) is 10.1. The molecule has 0 atom stereocenters. The molecular weight excluding hydrogens is 404 g/mol. The molecule has 0 saturated heterocycles. The van der Waals surface area contributed by atoms with E-state index in [0.29, 0.717) is 39.6 Å². The Morgan fingerprint density at radius 1 is 0.938 bits per heavy atom. The molecule has 3 aromatic heterocycles. The molecule has 0 saturated carbocycles. The Morgan fingerprint density at radius 2 is 1.66 bits per heavy atom. The summed E-state index contributed by atoms with van der Waals surface area (Å²) in [4.78, 5) is 22.1. The number of fused-ring (bicyclic) bond motifs is 1. The van der Waals surface area contributed by atoms with E-state index in [1.807, 2.05) is 62.4 Å². The number of carbonyl (C=O) groups is 1. The van der Waals surface area contributed by atoms with Gasteiger partial charge in [-0.05, 0) is 51.1 Å². The van der Waals surface area contributed by atoms with Gasteiger partial charge in [0.2, 0.25) is 0 Å². The molecule has 0 bridgehead atoms. The lowest BCUT2D eigenvalue weighted by Crippen LogP contribution is -2.13. The summed E-state index contributed by atoms with van der Waals surface area (Å²) in [5.74, 6) is 1.09. The number of hydrogen-bond acceptors (Lipinski definition) is 6. The van der Waals surface area contributed by atoms with Crippen LogP contribution in [0.4, 0.5) is 5.69 Å². The Labute approximate surface area is 183 Å². The zero-order valence-electron chi connectivity index (χ0n) is 17.8. The standard InChI is InChI=1S/C24H20N6O2/c1-13-4-6-16(7-5-13)20-12-19(21-14(2)30-32-24(21)27-20)23(31)26-18-10-8-17(9-11-18)22-25-15(3)28-29-22/h4-12H,1-3H3,(H,26,31)(H,25,28,29). The topological polar surface area (TPSA) is 110 Å². The highest BCUT2D eigenvalue weighted by atomic mass is 16.5. The van der Waals surface area contributed by atoms with Crippen LogP contribution in [0.2, 0.25) is 0 Å². The Kier molecular flexibility index (Phi) is 4.74. The molecule has 5 rings (SSSR count). The van der Waals surface area contributed by atoms with E-state index >= 15 is 0 Å². The number of benzene rings is 2. The number of hydrogen-bond donors (Lipinski definition) is 2. The molecule has 158 valence electrons. The molecule has 0 aliphatic carbocycles. The molecule has 2 aromatic carbocycles. The number of nitrogens with one attached hydrogen (secondary N) is 2. The van der Waals surface area contributed by atoms with Gasteiger partial charge in [0.15, 0.2) is 5.82 Å². The molecule has 8 nitrogen and oxygen atoms in total. The zero-order chi connectivity index (χ0) is 22.2. The van der Waals surface area contributed by atoms with Crippen LogP contribution < -0.4 is 5.32 Å². The molecular formula is C24H20N6O2. The van der Waals surface area contributed by atoms with Crippen molar-refractivity contribution < 1.29 is 9.32 Å². The van der Waals surface area contributed by atoms with E-state index in [1.54, 1.807) is 13.0 Å². The van der Waals surface area contributed by atoms with E-state index < -0.39 is 0 Å². The number of rotatable bonds is 4. The van der Waals surface area contributed by atoms with Crippen LogP contribution in [-0.2, 0) is 0 Å². The second kappa shape index (κ2) is 7.73. The van der Waals surface area contributed by atoms with Gasteiger partial charge in [-0.2, -0.15) is 5.10 Å². The summed E-state index contributed by atoms with van der Waals surface area (Å²) >= 11 is 0.